The first-order chi connectivity index (χ1) is 19.6. The minimum absolute atomic E-state index is 0.00959. The molecule has 3 unspecified atom stereocenters. The van der Waals surface area contributed by atoms with Crippen molar-refractivity contribution in [2.24, 2.45) is 16.8 Å². The Morgan fingerprint density at radius 3 is 2.37 bits per heavy atom. The van der Waals surface area contributed by atoms with Crippen molar-refractivity contribution in [3.8, 4) is 0 Å². The molecule has 2 amide bonds. The summed E-state index contributed by atoms with van der Waals surface area (Å²) in [6.45, 7) is 6.31. The number of hydrogen-bond acceptors (Lipinski definition) is 8. The molecule has 2 aliphatic heterocycles. The largest absolute Gasteiger partial charge is 0.478 e. The van der Waals surface area contributed by atoms with Crippen molar-refractivity contribution in [3.63, 3.8) is 0 Å². The van der Waals surface area contributed by atoms with Crippen LogP contribution in [0, 0.1) is 5.92 Å². The number of nitrogens with zero attached hydrogens (tertiary/aromatic N) is 2. The van der Waals surface area contributed by atoms with Gasteiger partial charge in [-0.05, 0) is 24.5 Å². The number of carboxylic acids is 1. The van der Waals surface area contributed by atoms with Crippen LogP contribution >= 0.6 is 0 Å². The van der Waals surface area contributed by atoms with Crippen molar-refractivity contribution in [1.82, 2.24) is 10.2 Å². The first-order valence-electron chi connectivity index (χ1n) is 13.2. The molecular formula is C29H33N5O7. The number of carbonyl (C=O) groups is 4. The number of carbonyl (C=O) groups excluding carboxylic acids is 3. The van der Waals surface area contributed by atoms with Gasteiger partial charge in [0.2, 0.25) is 18.0 Å². The molecule has 1 saturated heterocycles. The molecule has 0 aliphatic carbocycles. The summed E-state index contributed by atoms with van der Waals surface area (Å²) >= 11 is 0. The third-order valence-electron chi connectivity index (χ3n) is 7.29. The number of para-hydroxylation sites is 1. The highest BCUT2D eigenvalue weighted by atomic mass is 16.5. The second-order valence-electron chi connectivity index (χ2n) is 10.1. The number of Topliss-reactive ketones (excluding diaryl/α,β-unsaturated/α-hetero) is 1. The summed E-state index contributed by atoms with van der Waals surface area (Å²) in [4.78, 5) is 52.1. The van der Waals surface area contributed by atoms with E-state index >= 15 is 0 Å². The summed E-state index contributed by atoms with van der Waals surface area (Å²) in [5.74, 6) is -2.92. The molecule has 2 aromatic carbocycles. The van der Waals surface area contributed by atoms with Crippen molar-refractivity contribution < 1.29 is 34.2 Å². The number of hydrogen-bond donors (Lipinski definition) is 5. The Hall–Kier alpha value is -4.71. The Bertz CT molecular complexity index is 1370. The third-order valence-corrected chi connectivity index (χ3v) is 7.29. The summed E-state index contributed by atoms with van der Waals surface area (Å²) < 4.78 is 5.73. The lowest BCUT2D eigenvalue weighted by atomic mass is 9.96. The van der Waals surface area contributed by atoms with E-state index in [4.69, 9.17) is 15.7 Å². The number of amidine groups is 1. The molecule has 0 saturated carbocycles. The normalized spacial score (nSPS) is 18.7. The number of anilines is 1. The topological polar surface area (TPSA) is 184 Å². The van der Waals surface area contributed by atoms with Gasteiger partial charge in [0.05, 0.1) is 6.10 Å². The van der Waals surface area contributed by atoms with E-state index in [1.54, 1.807) is 36.1 Å². The van der Waals surface area contributed by atoms with Crippen LogP contribution in [0.3, 0.4) is 0 Å². The maximum absolute atomic E-state index is 13.0. The quantitative estimate of drug-likeness (QED) is 0.0721. The van der Waals surface area contributed by atoms with Gasteiger partial charge in [-0.2, -0.15) is 0 Å². The Morgan fingerprint density at radius 2 is 1.76 bits per heavy atom. The summed E-state index contributed by atoms with van der Waals surface area (Å²) in [7, 11) is 0. The number of aliphatic carboxylic acids is 1. The minimum atomic E-state index is -1.56. The Morgan fingerprint density at radius 1 is 1.12 bits per heavy atom. The lowest BCUT2D eigenvalue weighted by Crippen LogP contribution is -2.51. The maximum Gasteiger partial charge on any atom is 0.354 e. The molecular weight excluding hydrogens is 530 g/mol. The molecule has 0 aromatic heterocycles. The molecule has 6 N–H and O–H groups in total. The molecule has 2 aromatic rings. The molecule has 0 bridgehead atoms. The first kappa shape index (κ1) is 29.3. The number of rotatable bonds is 10. The number of piperidine rings is 1. The van der Waals surface area contributed by atoms with Crippen molar-refractivity contribution in [2.75, 3.05) is 18.4 Å². The van der Waals surface area contributed by atoms with Crippen molar-refractivity contribution in [2.45, 2.75) is 44.6 Å². The number of ketones is 1. The van der Waals surface area contributed by atoms with Crippen LogP contribution in [0.1, 0.15) is 47.7 Å². The van der Waals surface area contributed by atoms with Gasteiger partial charge in [0.15, 0.2) is 11.6 Å². The fraction of sp³-hybridized carbons (Fsp3) is 0.345. The monoisotopic (exact) mass is 563 g/mol. The van der Waals surface area contributed by atoms with Crippen LogP contribution < -0.4 is 16.4 Å². The van der Waals surface area contributed by atoms with Gasteiger partial charge >= 0.3 is 5.97 Å². The van der Waals surface area contributed by atoms with Crippen molar-refractivity contribution in [3.05, 3.63) is 71.8 Å². The third kappa shape index (κ3) is 6.72. The Labute approximate surface area is 236 Å². The second-order valence-corrected chi connectivity index (χ2v) is 10.1. The molecule has 3 atom stereocenters. The van der Waals surface area contributed by atoms with Gasteiger partial charge in [-0.25, -0.2) is 4.79 Å². The van der Waals surface area contributed by atoms with Crippen LogP contribution in [0.5, 0.6) is 0 Å². The number of fused-ring (bicyclic) bond motifs is 1. The van der Waals surface area contributed by atoms with E-state index in [2.05, 4.69) is 22.4 Å². The van der Waals surface area contributed by atoms with Crippen LogP contribution in [0.4, 0.5) is 5.69 Å². The molecule has 4 rings (SSSR count). The van der Waals surface area contributed by atoms with Crippen LogP contribution in [-0.4, -0.2) is 76.1 Å². The number of carboxylic acid groups (broad SMARTS) is 1. The van der Waals surface area contributed by atoms with Gasteiger partial charge in [0.1, 0.15) is 6.04 Å². The van der Waals surface area contributed by atoms with Gasteiger partial charge in [-0.1, -0.05) is 61.1 Å². The van der Waals surface area contributed by atoms with Gasteiger partial charge in [-0.15, -0.1) is 0 Å². The van der Waals surface area contributed by atoms with E-state index in [-0.39, 0.29) is 23.9 Å². The fourth-order valence-electron chi connectivity index (χ4n) is 4.96. The lowest BCUT2D eigenvalue weighted by Gasteiger charge is -2.34. The van der Waals surface area contributed by atoms with Gasteiger partial charge in [-0.3, -0.25) is 14.4 Å². The summed E-state index contributed by atoms with van der Waals surface area (Å²) in [6, 6.07) is 12.7. The SMILES string of the molecule is C=C1c2ccccc2NC1C(=O)NC(OC1CCN(C(=O)C(C)CC(=O)c2ccc(/C(N)=N/O)cc2)CC1)C(=O)O. The van der Waals surface area contributed by atoms with E-state index in [1.165, 1.54) is 0 Å². The minimum Gasteiger partial charge on any atom is -0.478 e. The molecule has 216 valence electrons. The Balaban J connectivity index is 1.26. The van der Waals surface area contributed by atoms with Gasteiger partial charge in [0, 0.05) is 47.8 Å². The fourth-order valence-corrected chi connectivity index (χ4v) is 4.96. The number of oxime groups is 1. The van der Waals surface area contributed by atoms with E-state index in [9.17, 15) is 24.3 Å². The molecule has 0 spiro atoms. The van der Waals surface area contributed by atoms with Crippen LogP contribution in [-0.2, 0) is 19.1 Å². The molecule has 12 heteroatoms. The predicted molar refractivity (Wildman–Crippen MR) is 150 cm³/mol. The van der Waals surface area contributed by atoms with Crippen LogP contribution in [0.15, 0.2) is 60.3 Å². The molecule has 2 aliphatic rings. The second kappa shape index (κ2) is 12.6. The predicted octanol–water partition coefficient (Wildman–Crippen LogP) is 2.03. The summed E-state index contributed by atoms with van der Waals surface area (Å²) in [5.41, 5.74) is 8.50. The van der Waals surface area contributed by atoms with E-state index in [0.717, 1.165) is 11.3 Å². The highest BCUT2D eigenvalue weighted by Crippen LogP contribution is 2.33. The van der Waals surface area contributed by atoms with Crippen LogP contribution in [0.25, 0.3) is 5.57 Å². The zero-order valence-corrected chi connectivity index (χ0v) is 22.6. The van der Waals surface area contributed by atoms with Crippen LogP contribution in [0.2, 0.25) is 0 Å². The number of ether oxygens (including phenoxy) is 1. The highest BCUT2D eigenvalue weighted by molar-refractivity contribution is 6.04. The molecule has 12 nitrogen and oxygen atoms in total. The smallest absolute Gasteiger partial charge is 0.354 e. The van der Waals surface area contributed by atoms with Crippen molar-refractivity contribution >= 4 is 40.7 Å². The molecule has 41 heavy (non-hydrogen) atoms. The molecule has 1 fully saturated rings. The highest BCUT2D eigenvalue weighted by Gasteiger charge is 2.35. The number of benzene rings is 2. The summed E-state index contributed by atoms with van der Waals surface area (Å²) in [6.07, 6.45) is -1.28. The average molecular weight is 564 g/mol. The zero-order chi connectivity index (χ0) is 29.7. The molecule has 2 heterocycles. The van der Waals surface area contributed by atoms with Gasteiger partial charge < -0.3 is 36.3 Å². The number of nitrogens with two attached hydrogens (primary N) is 1. The molecule has 0 radical (unpaired) electrons. The zero-order valence-electron chi connectivity index (χ0n) is 22.6. The Kier molecular flexibility index (Phi) is 9.03. The van der Waals surface area contributed by atoms with E-state index in [0.29, 0.717) is 42.6 Å². The number of nitrogens with one attached hydrogen (secondary N) is 2. The standard InChI is InChI=1S/C29H33N5O7/c1-16(15-23(35)18-7-9-19(10-8-18)25(30)33-40)28(37)34-13-11-20(12-14-34)41-27(29(38)39)32-26(36)24-17(2)21-5-3-4-6-22(21)31-24/h3-10,16,20,24,27,31,40H,2,11-15H2,1H3,(H2,30,33)(H,32,36)(H,38,39). The van der Waals surface area contributed by atoms with Gasteiger partial charge in [0.25, 0.3) is 0 Å². The van der Waals surface area contributed by atoms with E-state index < -0.39 is 36.2 Å². The number of amides is 2. The first-order valence-corrected chi connectivity index (χ1v) is 13.2. The lowest BCUT2D eigenvalue weighted by molar-refractivity contribution is -0.163. The van der Waals surface area contributed by atoms with E-state index in [1.807, 2.05) is 24.3 Å². The maximum atomic E-state index is 13.0. The average Bonchev–Trinajstić information content (AvgIpc) is 3.32. The number of likely N-dealkylation sites (tertiary alicyclic amines) is 1. The summed E-state index contributed by atoms with van der Waals surface area (Å²) in [5, 5.41) is 26.9. The van der Waals surface area contributed by atoms with Crippen molar-refractivity contribution in [1.29, 1.82) is 0 Å².